The number of aromatic carboxylic acids is 1. The zero-order valence-electron chi connectivity index (χ0n) is 12.1. The summed E-state index contributed by atoms with van der Waals surface area (Å²) in [6, 6.07) is 10.5. The van der Waals surface area contributed by atoms with Crippen LogP contribution in [0.15, 0.2) is 42.7 Å². The molecule has 10 heteroatoms. The first-order valence-electron chi connectivity index (χ1n) is 6.68. The van der Waals surface area contributed by atoms with Crippen LogP contribution >= 0.6 is 0 Å². The molecular weight excluding hydrogens is 312 g/mol. The van der Waals surface area contributed by atoms with Crippen molar-refractivity contribution in [3.8, 4) is 11.8 Å². The predicted octanol–water partition coefficient (Wildman–Crippen LogP) is 1.06. The molecule has 118 valence electrons. The van der Waals surface area contributed by atoms with E-state index in [0.29, 0.717) is 11.4 Å². The summed E-state index contributed by atoms with van der Waals surface area (Å²) in [5.41, 5.74) is 1.36. The summed E-state index contributed by atoms with van der Waals surface area (Å²) in [6.45, 7) is 0. The number of carboxylic acid groups (broad SMARTS) is 1. The van der Waals surface area contributed by atoms with Crippen LogP contribution < -0.4 is 5.32 Å². The smallest absolute Gasteiger partial charge is 0.356 e. The molecule has 0 saturated carbocycles. The normalized spacial score (nSPS) is 11.0. The Balaban J connectivity index is 1.92. The second-order valence-electron chi connectivity index (χ2n) is 4.52. The molecule has 3 N–H and O–H groups in total. The van der Waals surface area contributed by atoms with Gasteiger partial charge in [0.2, 0.25) is 5.82 Å². The highest BCUT2D eigenvalue weighted by atomic mass is 16.4. The zero-order chi connectivity index (χ0) is 16.9. The number of tetrazole rings is 1. The number of rotatable bonds is 5. The van der Waals surface area contributed by atoms with Crippen LogP contribution in [0, 0.1) is 11.3 Å². The molecule has 0 saturated heterocycles. The van der Waals surface area contributed by atoms with Crippen molar-refractivity contribution in [3.05, 3.63) is 54.2 Å². The number of hydrogen-bond acceptors (Lipinski definition) is 7. The van der Waals surface area contributed by atoms with Crippen molar-refractivity contribution in [2.45, 2.75) is 0 Å². The minimum atomic E-state index is -1.11. The molecule has 0 aliphatic heterocycles. The number of para-hydroxylation sites is 2. The second-order valence-corrected chi connectivity index (χ2v) is 4.52. The fourth-order valence-corrected chi connectivity index (χ4v) is 1.94. The van der Waals surface area contributed by atoms with Crippen LogP contribution in [0.2, 0.25) is 0 Å². The molecule has 24 heavy (non-hydrogen) atoms. The Morgan fingerprint density at radius 2 is 2.21 bits per heavy atom. The second kappa shape index (κ2) is 6.41. The number of allylic oxidation sites excluding steroid dienone is 1. The number of aromatic amines is 1. The molecule has 10 nitrogen and oxygen atoms in total. The van der Waals surface area contributed by atoms with E-state index in [0.717, 1.165) is 0 Å². The first-order valence-corrected chi connectivity index (χ1v) is 6.68. The Labute approximate surface area is 135 Å². The van der Waals surface area contributed by atoms with E-state index in [4.69, 9.17) is 10.4 Å². The minimum Gasteiger partial charge on any atom is -0.476 e. The van der Waals surface area contributed by atoms with Crippen molar-refractivity contribution in [2.24, 2.45) is 0 Å². The van der Waals surface area contributed by atoms with Crippen molar-refractivity contribution in [2.75, 3.05) is 5.32 Å². The van der Waals surface area contributed by atoms with Gasteiger partial charge < -0.3 is 10.4 Å². The monoisotopic (exact) mass is 322 g/mol. The van der Waals surface area contributed by atoms with Gasteiger partial charge in [0, 0.05) is 12.4 Å². The lowest BCUT2D eigenvalue weighted by atomic mass is 10.2. The Morgan fingerprint density at radius 3 is 2.88 bits per heavy atom. The highest BCUT2D eigenvalue weighted by Gasteiger charge is 2.11. The van der Waals surface area contributed by atoms with Crippen LogP contribution in [0.5, 0.6) is 0 Å². The molecule has 0 amide bonds. The van der Waals surface area contributed by atoms with Crippen LogP contribution in [0.25, 0.3) is 11.3 Å². The Bertz CT molecular complexity index is 936. The number of nitriles is 1. The third-order valence-electron chi connectivity index (χ3n) is 3.04. The molecule has 0 spiro atoms. The number of nitrogens with one attached hydrogen (secondary N) is 2. The van der Waals surface area contributed by atoms with Gasteiger partial charge in [-0.25, -0.2) is 9.48 Å². The lowest BCUT2D eigenvalue weighted by molar-refractivity contribution is 0.0690. The maximum atomic E-state index is 11.0. The van der Waals surface area contributed by atoms with Crippen molar-refractivity contribution in [1.82, 2.24) is 30.4 Å². The summed E-state index contributed by atoms with van der Waals surface area (Å²) < 4.78 is 1.43. The minimum absolute atomic E-state index is 0.0649. The van der Waals surface area contributed by atoms with E-state index in [-0.39, 0.29) is 17.1 Å². The van der Waals surface area contributed by atoms with Crippen LogP contribution in [-0.4, -0.2) is 41.5 Å². The Kier molecular flexibility index (Phi) is 3.98. The molecular formula is C14H10N8O2. The number of hydrogen-bond donors (Lipinski definition) is 3. The number of carbonyl (C=O) groups is 1. The molecule has 0 radical (unpaired) electrons. The highest BCUT2D eigenvalue weighted by Crippen LogP contribution is 2.20. The van der Waals surface area contributed by atoms with E-state index in [9.17, 15) is 4.79 Å². The van der Waals surface area contributed by atoms with Crippen molar-refractivity contribution < 1.29 is 9.90 Å². The molecule has 0 aliphatic carbocycles. The maximum absolute atomic E-state index is 11.0. The van der Waals surface area contributed by atoms with E-state index < -0.39 is 5.97 Å². The first-order chi connectivity index (χ1) is 11.7. The molecule has 3 rings (SSSR count). The zero-order valence-corrected chi connectivity index (χ0v) is 12.1. The average Bonchev–Trinajstić information content (AvgIpc) is 3.28. The van der Waals surface area contributed by atoms with Gasteiger partial charge in [-0.15, -0.1) is 10.2 Å². The molecule has 3 aromatic rings. The summed E-state index contributed by atoms with van der Waals surface area (Å²) in [6.07, 6.45) is 2.98. The van der Waals surface area contributed by atoms with Crippen molar-refractivity contribution in [1.29, 1.82) is 5.26 Å². The number of aromatic nitrogens is 6. The third kappa shape index (κ3) is 2.95. The molecule has 0 bridgehead atoms. The van der Waals surface area contributed by atoms with E-state index in [1.807, 2.05) is 6.07 Å². The number of anilines is 1. The van der Waals surface area contributed by atoms with Gasteiger partial charge in [0.15, 0.2) is 5.69 Å². The van der Waals surface area contributed by atoms with Gasteiger partial charge in [0.25, 0.3) is 0 Å². The molecule has 0 fully saturated rings. The lowest BCUT2D eigenvalue weighted by Crippen LogP contribution is -2.03. The predicted molar refractivity (Wildman–Crippen MR) is 81.9 cm³/mol. The number of carboxylic acids is 1. The number of nitrogens with zero attached hydrogens (tertiary/aromatic N) is 6. The van der Waals surface area contributed by atoms with Crippen LogP contribution in [0.1, 0.15) is 16.3 Å². The third-order valence-corrected chi connectivity index (χ3v) is 3.04. The summed E-state index contributed by atoms with van der Waals surface area (Å²) in [5.74, 6) is -0.947. The largest absolute Gasteiger partial charge is 0.476 e. The average molecular weight is 322 g/mol. The molecule has 2 aromatic heterocycles. The lowest BCUT2D eigenvalue weighted by Gasteiger charge is -2.09. The van der Waals surface area contributed by atoms with Gasteiger partial charge in [0.1, 0.15) is 11.6 Å². The topological polar surface area (TPSA) is 145 Å². The fourth-order valence-electron chi connectivity index (χ4n) is 1.94. The van der Waals surface area contributed by atoms with Crippen molar-refractivity contribution >= 4 is 17.2 Å². The quantitative estimate of drug-likeness (QED) is 0.591. The van der Waals surface area contributed by atoms with Crippen LogP contribution in [0.3, 0.4) is 0 Å². The van der Waals surface area contributed by atoms with Gasteiger partial charge in [0.05, 0.1) is 11.4 Å². The SMILES string of the molecule is N#CC(=CNc1ccccc1-n1ccc(C(=O)O)n1)c1nn[nH]n1. The Hall–Kier alpha value is -4.00. The van der Waals surface area contributed by atoms with E-state index >= 15 is 0 Å². The summed E-state index contributed by atoms with van der Waals surface area (Å²) in [4.78, 5) is 11.0. The first kappa shape index (κ1) is 14.9. The van der Waals surface area contributed by atoms with Gasteiger partial charge in [-0.2, -0.15) is 15.6 Å². The number of H-pyrrole nitrogens is 1. The van der Waals surface area contributed by atoms with Gasteiger partial charge in [-0.1, -0.05) is 12.1 Å². The van der Waals surface area contributed by atoms with Crippen molar-refractivity contribution in [3.63, 3.8) is 0 Å². The molecule has 0 atom stereocenters. The summed E-state index contributed by atoms with van der Waals surface area (Å²) in [7, 11) is 0. The van der Waals surface area contributed by atoms with Gasteiger partial charge >= 0.3 is 5.97 Å². The van der Waals surface area contributed by atoms with Gasteiger partial charge in [-0.3, -0.25) is 0 Å². The molecule has 2 heterocycles. The van der Waals surface area contributed by atoms with Crippen LogP contribution in [0.4, 0.5) is 5.69 Å². The van der Waals surface area contributed by atoms with E-state index in [1.54, 1.807) is 24.3 Å². The summed E-state index contributed by atoms with van der Waals surface area (Å²) in [5, 5.41) is 38.3. The van der Waals surface area contributed by atoms with Gasteiger partial charge in [-0.05, 0) is 23.4 Å². The molecule has 0 aliphatic rings. The number of benzene rings is 1. The standard InChI is InChI=1S/C14H10N8O2/c15-7-9(13-17-20-21-18-13)8-16-10-3-1-2-4-12(10)22-6-5-11(19-22)14(23)24/h1-6,8,16H,(H,23,24)(H,17,18,20,21). The van der Waals surface area contributed by atoms with E-state index in [2.05, 4.69) is 31.0 Å². The highest BCUT2D eigenvalue weighted by molar-refractivity contribution is 5.85. The maximum Gasteiger partial charge on any atom is 0.356 e. The molecule has 1 aromatic carbocycles. The molecule has 0 unspecified atom stereocenters. The fraction of sp³-hybridized carbons (Fsp3) is 0. The van der Waals surface area contributed by atoms with Crippen LogP contribution in [-0.2, 0) is 0 Å². The Morgan fingerprint density at radius 1 is 1.38 bits per heavy atom. The van der Waals surface area contributed by atoms with E-state index in [1.165, 1.54) is 23.1 Å². The summed E-state index contributed by atoms with van der Waals surface area (Å²) >= 11 is 0.